The van der Waals surface area contributed by atoms with Crippen molar-refractivity contribution in [2.24, 2.45) is 0 Å². The number of hydrogen-bond acceptors (Lipinski definition) is 11. The summed E-state index contributed by atoms with van der Waals surface area (Å²) in [6.45, 7) is 3.41. The molecule has 5 aliphatic rings. The molecule has 0 radical (unpaired) electrons. The molecule has 0 aliphatic carbocycles. The Morgan fingerprint density at radius 2 is 1.53 bits per heavy atom. The summed E-state index contributed by atoms with van der Waals surface area (Å²) in [5.41, 5.74) is 14.7. The fourth-order valence-electron chi connectivity index (χ4n) is 8.89. The van der Waals surface area contributed by atoms with Gasteiger partial charge in [0.2, 0.25) is 5.75 Å². The fourth-order valence-corrected chi connectivity index (χ4v) is 8.89. The molecule has 0 fully saturated rings. The maximum absolute atomic E-state index is 7.09. The number of likely N-dealkylation sites (N-methyl/N-ethyl adjacent to an activating group) is 1. The second-order valence-corrected chi connectivity index (χ2v) is 14.9. The highest BCUT2D eigenvalue weighted by Gasteiger charge is 2.38. The van der Waals surface area contributed by atoms with E-state index in [-0.39, 0.29) is 12.1 Å². The SMILES string of the molecule is COc1ccc2cc1Oc1ccc(cc1)C[C@H]1c3c(cc(OC)c4c3Oc3cc5c(cc3O4)CCN(C)[C@H]5C2)CCN1CCCn1cnc2c(N)ncnc21. The molecule has 7 heterocycles. The van der Waals surface area contributed by atoms with Gasteiger partial charge in [-0.05, 0) is 109 Å². The Balaban J connectivity index is 1.08. The molecule has 280 valence electrons. The summed E-state index contributed by atoms with van der Waals surface area (Å²) in [5, 5.41) is 0. The van der Waals surface area contributed by atoms with Crippen LogP contribution in [0.3, 0.4) is 0 Å². The Labute approximate surface area is 319 Å². The van der Waals surface area contributed by atoms with Crippen molar-refractivity contribution in [2.75, 3.05) is 46.6 Å². The van der Waals surface area contributed by atoms with Crippen LogP contribution in [0.25, 0.3) is 11.2 Å². The van der Waals surface area contributed by atoms with E-state index in [0.717, 1.165) is 92.5 Å². The molecule has 0 saturated heterocycles. The zero-order valence-corrected chi connectivity index (χ0v) is 31.2. The second-order valence-electron chi connectivity index (χ2n) is 14.9. The van der Waals surface area contributed by atoms with Crippen molar-refractivity contribution in [1.82, 2.24) is 29.3 Å². The van der Waals surface area contributed by atoms with Crippen LogP contribution in [-0.4, -0.2) is 70.2 Å². The lowest BCUT2D eigenvalue weighted by Gasteiger charge is -2.40. The minimum absolute atomic E-state index is 0.00462. The molecule has 0 unspecified atom stereocenters. The molecule has 5 aliphatic heterocycles. The first-order valence-corrected chi connectivity index (χ1v) is 19.0. The molecule has 0 saturated carbocycles. The summed E-state index contributed by atoms with van der Waals surface area (Å²) in [6.07, 6.45) is 7.52. The molecule has 12 nitrogen and oxygen atoms in total. The molecule has 12 heteroatoms. The average molecular weight is 738 g/mol. The predicted molar refractivity (Wildman–Crippen MR) is 208 cm³/mol. The number of rotatable bonds is 6. The normalized spacial score (nSPS) is 18.6. The first kappa shape index (κ1) is 33.7. The van der Waals surface area contributed by atoms with E-state index < -0.39 is 0 Å². The van der Waals surface area contributed by atoms with Gasteiger partial charge in [-0.1, -0.05) is 18.2 Å². The topological polar surface area (TPSA) is 122 Å². The van der Waals surface area contributed by atoms with Crippen LogP contribution in [-0.2, 0) is 32.2 Å². The zero-order chi connectivity index (χ0) is 37.2. The van der Waals surface area contributed by atoms with Crippen LogP contribution in [0.5, 0.6) is 46.0 Å². The number of methoxy groups -OCH3 is 2. The Morgan fingerprint density at radius 1 is 0.745 bits per heavy atom. The van der Waals surface area contributed by atoms with Gasteiger partial charge >= 0.3 is 0 Å². The van der Waals surface area contributed by atoms with Gasteiger partial charge in [-0.15, -0.1) is 0 Å². The maximum atomic E-state index is 7.09. The van der Waals surface area contributed by atoms with Gasteiger partial charge in [0.25, 0.3) is 0 Å². The van der Waals surface area contributed by atoms with Gasteiger partial charge in [-0.3, -0.25) is 9.80 Å². The van der Waals surface area contributed by atoms with E-state index in [1.165, 1.54) is 34.1 Å². The largest absolute Gasteiger partial charge is 0.493 e. The van der Waals surface area contributed by atoms with E-state index in [4.69, 9.17) is 29.4 Å². The minimum atomic E-state index is 0.00462. The molecule has 2 aromatic heterocycles. The van der Waals surface area contributed by atoms with Crippen LogP contribution in [0.15, 0.2) is 73.3 Å². The molecule has 11 rings (SSSR count). The fraction of sp³-hybridized carbons (Fsp3) is 0.326. The number of imidazole rings is 1. The van der Waals surface area contributed by atoms with Gasteiger partial charge < -0.3 is 34.0 Å². The summed E-state index contributed by atoms with van der Waals surface area (Å²) in [6, 6.07) is 21.4. The summed E-state index contributed by atoms with van der Waals surface area (Å²) < 4.78 is 34.3. The molecule has 7 bridgehead atoms. The third kappa shape index (κ3) is 5.87. The lowest BCUT2D eigenvalue weighted by Crippen LogP contribution is -2.38. The number of nitrogens with zero attached hydrogens (tertiary/aromatic N) is 6. The highest BCUT2D eigenvalue weighted by molar-refractivity contribution is 5.81. The van der Waals surface area contributed by atoms with Gasteiger partial charge in [-0.25, -0.2) is 15.0 Å². The maximum Gasteiger partial charge on any atom is 0.212 e. The van der Waals surface area contributed by atoms with Gasteiger partial charge in [0.1, 0.15) is 17.6 Å². The Hall–Kier alpha value is -5.85. The van der Waals surface area contributed by atoms with Crippen molar-refractivity contribution in [3.8, 4) is 46.0 Å². The van der Waals surface area contributed by atoms with Gasteiger partial charge in [-0.2, -0.15) is 0 Å². The quantitative estimate of drug-likeness (QED) is 0.183. The van der Waals surface area contributed by atoms with Crippen LogP contribution in [0.2, 0.25) is 0 Å². The van der Waals surface area contributed by atoms with Crippen LogP contribution >= 0.6 is 0 Å². The van der Waals surface area contributed by atoms with Crippen molar-refractivity contribution < 1.29 is 23.7 Å². The Kier molecular flexibility index (Phi) is 8.25. The van der Waals surface area contributed by atoms with Crippen LogP contribution < -0.4 is 29.4 Å². The number of anilines is 1. The lowest BCUT2D eigenvalue weighted by atomic mass is 9.86. The van der Waals surface area contributed by atoms with Gasteiger partial charge in [0, 0.05) is 43.8 Å². The van der Waals surface area contributed by atoms with Crippen LogP contribution in [0, 0.1) is 0 Å². The number of ether oxygens (including phenoxy) is 5. The number of nitrogen functional groups attached to an aromatic ring is 1. The molecule has 2 atom stereocenters. The number of benzene rings is 4. The third-order valence-corrected chi connectivity index (χ3v) is 11.8. The van der Waals surface area contributed by atoms with E-state index in [2.05, 4.69) is 91.0 Å². The Bertz CT molecular complexity index is 2450. The number of fused-ring (bicyclic) bond motifs is 3. The number of nitrogens with two attached hydrogens (primary N) is 1. The number of hydrogen-bond donors (Lipinski definition) is 1. The highest BCUT2D eigenvalue weighted by Crippen LogP contribution is 2.57. The van der Waals surface area contributed by atoms with Crippen molar-refractivity contribution >= 4 is 17.0 Å². The highest BCUT2D eigenvalue weighted by atomic mass is 16.6. The van der Waals surface area contributed by atoms with Crippen LogP contribution in [0.4, 0.5) is 5.82 Å². The average Bonchev–Trinajstić information content (AvgIpc) is 3.62. The summed E-state index contributed by atoms with van der Waals surface area (Å²) in [7, 11) is 5.59. The third-order valence-electron chi connectivity index (χ3n) is 11.8. The standard InChI is InChI=1S/C43H43N7O5/c1-48-15-11-27-20-35-36-22-30(27)31(48)18-26-7-10-33(51-2)34(19-26)53-29-8-5-25(6-9-29)17-32-38-28(21-37(52-3)40(54-35)41(38)55-36)12-16-49(32)13-4-14-50-24-47-39-42(44)45-23-46-43(39)50/h5-10,19-24,31-32H,4,11-18H2,1-3H3,(H2,44,45,46)/t31-,32-/m0/s1. The molecule has 4 aromatic carbocycles. The number of aromatic nitrogens is 4. The smallest absolute Gasteiger partial charge is 0.212 e. The molecule has 2 N–H and O–H groups in total. The lowest BCUT2D eigenvalue weighted by molar-refractivity contribution is 0.173. The zero-order valence-electron chi connectivity index (χ0n) is 31.2. The summed E-state index contributed by atoms with van der Waals surface area (Å²) in [4.78, 5) is 18.1. The van der Waals surface area contributed by atoms with Crippen molar-refractivity contribution in [1.29, 1.82) is 0 Å². The van der Waals surface area contributed by atoms with E-state index in [1.807, 2.05) is 6.07 Å². The molecule has 6 aromatic rings. The summed E-state index contributed by atoms with van der Waals surface area (Å²) in [5.74, 6) is 6.07. The van der Waals surface area contributed by atoms with Gasteiger partial charge in [0.05, 0.1) is 20.5 Å². The molecule has 55 heavy (non-hydrogen) atoms. The van der Waals surface area contributed by atoms with Crippen molar-refractivity contribution in [2.45, 2.75) is 50.7 Å². The van der Waals surface area contributed by atoms with Crippen molar-refractivity contribution in [3.63, 3.8) is 0 Å². The predicted octanol–water partition coefficient (Wildman–Crippen LogP) is 7.43. The van der Waals surface area contributed by atoms with Crippen molar-refractivity contribution in [3.05, 3.63) is 107 Å². The Morgan fingerprint density at radius 3 is 2.38 bits per heavy atom. The van der Waals surface area contributed by atoms with E-state index in [0.29, 0.717) is 34.3 Å². The van der Waals surface area contributed by atoms with Crippen LogP contribution in [0.1, 0.15) is 51.9 Å². The monoisotopic (exact) mass is 737 g/mol. The minimum Gasteiger partial charge on any atom is -0.493 e. The summed E-state index contributed by atoms with van der Waals surface area (Å²) >= 11 is 0. The van der Waals surface area contributed by atoms with E-state index >= 15 is 0 Å². The second kappa shape index (κ2) is 13.5. The molecule has 0 spiro atoms. The first-order chi connectivity index (χ1) is 26.9. The molecule has 0 amide bonds. The van der Waals surface area contributed by atoms with Gasteiger partial charge in [0.15, 0.2) is 46.0 Å². The molecular formula is C43H43N7O5. The molecular weight excluding hydrogens is 695 g/mol. The van der Waals surface area contributed by atoms with E-state index in [1.54, 1.807) is 20.5 Å². The first-order valence-electron chi connectivity index (χ1n) is 19.0. The number of aryl methyl sites for hydroxylation is 1. The van der Waals surface area contributed by atoms with E-state index in [9.17, 15) is 0 Å².